The molecule has 92 valence electrons. The number of rotatable bonds is 2. The normalized spacial score (nSPS) is 24.1. The second-order valence-corrected chi connectivity index (χ2v) is 4.66. The Morgan fingerprint density at radius 1 is 1.47 bits per heavy atom. The molecule has 1 fully saturated rings. The topological polar surface area (TPSA) is 53.4 Å². The average Bonchev–Trinajstić information content (AvgIpc) is 2.59. The Morgan fingerprint density at radius 3 is 2.59 bits per heavy atom. The van der Waals surface area contributed by atoms with E-state index in [4.69, 9.17) is 5.11 Å². The molecule has 1 saturated heterocycles. The lowest BCUT2D eigenvalue weighted by Gasteiger charge is -2.18. The third kappa shape index (κ3) is 2.09. The minimum absolute atomic E-state index is 0.154. The van der Waals surface area contributed by atoms with Gasteiger partial charge in [0.15, 0.2) is 11.6 Å². The third-order valence-corrected chi connectivity index (χ3v) is 3.39. The molecule has 2 heterocycles. The van der Waals surface area contributed by atoms with Crippen LogP contribution in [0.2, 0.25) is 0 Å². The number of hydrogen-bond acceptors (Lipinski definition) is 3. The second-order valence-electron chi connectivity index (χ2n) is 4.66. The molecule has 2 unspecified atom stereocenters. The zero-order chi connectivity index (χ0) is 12.6. The molecule has 1 aliphatic rings. The SMILES string of the molecule is CC1CN(c2nccc(C(=O)O)c2F)CC1C. The largest absolute Gasteiger partial charge is 0.478 e. The number of halogens is 1. The van der Waals surface area contributed by atoms with Crippen molar-refractivity contribution in [3.8, 4) is 0 Å². The first kappa shape index (κ1) is 11.8. The van der Waals surface area contributed by atoms with E-state index in [2.05, 4.69) is 18.8 Å². The lowest BCUT2D eigenvalue weighted by atomic mass is 10.0. The van der Waals surface area contributed by atoms with E-state index < -0.39 is 11.8 Å². The molecular weight excluding hydrogens is 223 g/mol. The Bertz CT molecular complexity index is 440. The molecule has 5 heteroatoms. The van der Waals surface area contributed by atoms with Gasteiger partial charge in [0.1, 0.15) is 5.56 Å². The average molecular weight is 238 g/mol. The van der Waals surface area contributed by atoms with E-state index >= 15 is 0 Å². The van der Waals surface area contributed by atoms with Gasteiger partial charge in [0.05, 0.1) is 0 Å². The molecule has 1 aromatic heterocycles. The highest BCUT2D eigenvalue weighted by Crippen LogP contribution is 2.28. The number of aromatic carboxylic acids is 1. The van der Waals surface area contributed by atoms with Crippen molar-refractivity contribution in [1.29, 1.82) is 0 Å². The molecule has 2 atom stereocenters. The molecule has 1 aliphatic heterocycles. The Kier molecular flexibility index (Phi) is 3.00. The van der Waals surface area contributed by atoms with E-state index in [1.54, 1.807) is 0 Å². The van der Waals surface area contributed by atoms with Crippen LogP contribution in [0.4, 0.5) is 10.2 Å². The summed E-state index contributed by atoms with van der Waals surface area (Å²) in [5.74, 6) is -0.914. The molecule has 1 N–H and O–H groups in total. The Labute approximate surface area is 99.1 Å². The van der Waals surface area contributed by atoms with E-state index in [9.17, 15) is 9.18 Å². The maximum absolute atomic E-state index is 13.9. The summed E-state index contributed by atoms with van der Waals surface area (Å²) in [6.07, 6.45) is 1.34. The summed E-state index contributed by atoms with van der Waals surface area (Å²) in [7, 11) is 0. The molecule has 0 amide bonds. The molecule has 0 bridgehead atoms. The fourth-order valence-electron chi connectivity index (χ4n) is 2.12. The first-order chi connectivity index (χ1) is 8.00. The van der Waals surface area contributed by atoms with Gasteiger partial charge in [-0.3, -0.25) is 0 Å². The fraction of sp³-hybridized carbons (Fsp3) is 0.500. The van der Waals surface area contributed by atoms with Crippen LogP contribution in [0.15, 0.2) is 12.3 Å². The van der Waals surface area contributed by atoms with Gasteiger partial charge in [0.25, 0.3) is 0 Å². The van der Waals surface area contributed by atoms with Gasteiger partial charge in [-0.1, -0.05) is 13.8 Å². The number of carboxylic acids is 1. The summed E-state index contributed by atoms with van der Waals surface area (Å²) >= 11 is 0. The van der Waals surface area contributed by atoms with E-state index in [0.717, 1.165) is 0 Å². The summed E-state index contributed by atoms with van der Waals surface area (Å²) in [5, 5.41) is 8.85. The van der Waals surface area contributed by atoms with Gasteiger partial charge in [-0.05, 0) is 17.9 Å². The molecule has 0 radical (unpaired) electrons. The summed E-state index contributed by atoms with van der Waals surface area (Å²) < 4.78 is 13.9. The molecule has 17 heavy (non-hydrogen) atoms. The lowest BCUT2D eigenvalue weighted by Crippen LogP contribution is -2.23. The molecular formula is C12H15FN2O2. The summed E-state index contributed by atoms with van der Waals surface area (Å²) in [6, 6.07) is 1.18. The number of nitrogens with zero attached hydrogens (tertiary/aromatic N) is 2. The van der Waals surface area contributed by atoms with Crippen molar-refractivity contribution in [3.63, 3.8) is 0 Å². The zero-order valence-corrected chi connectivity index (χ0v) is 9.85. The zero-order valence-electron chi connectivity index (χ0n) is 9.85. The molecule has 0 aromatic carbocycles. The number of aromatic nitrogens is 1. The van der Waals surface area contributed by atoms with Crippen molar-refractivity contribution in [2.24, 2.45) is 11.8 Å². The summed E-state index contributed by atoms with van der Waals surface area (Å²) in [5.41, 5.74) is -0.317. The van der Waals surface area contributed by atoms with Crippen molar-refractivity contribution in [2.45, 2.75) is 13.8 Å². The number of carbonyl (C=O) groups is 1. The second kappa shape index (κ2) is 4.31. The van der Waals surface area contributed by atoms with Gasteiger partial charge >= 0.3 is 5.97 Å². The monoisotopic (exact) mass is 238 g/mol. The van der Waals surface area contributed by atoms with Crippen LogP contribution in [0.25, 0.3) is 0 Å². The van der Waals surface area contributed by atoms with Crippen LogP contribution in [-0.4, -0.2) is 29.1 Å². The van der Waals surface area contributed by atoms with E-state index in [1.165, 1.54) is 12.3 Å². The van der Waals surface area contributed by atoms with E-state index in [0.29, 0.717) is 24.9 Å². The maximum atomic E-state index is 13.9. The van der Waals surface area contributed by atoms with Crippen molar-refractivity contribution in [3.05, 3.63) is 23.6 Å². The van der Waals surface area contributed by atoms with Crippen LogP contribution < -0.4 is 4.90 Å². The van der Waals surface area contributed by atoms with Crippen LogP contribution in [0, 0.1) is 17.7 Å². The van der Waals surface area contributed by atoms with Crippen molar-refractivity contribution >= 4 is 11.8 Å². The lowest BCUT2D eigenvalue weighted by molar-refractivity contribution is 0.0692. The maximum Gasteiger partial charge on any atom is 0.338 e. The molecule has 2 rings (SSSR count). The van der Waals surface area contributed by atoms with Crippen LogP contribution in [-0.2, 0) is 0 Å². The van der Waals surface area contributed by atoms with Gasteiger partial charge in [-0.2, -0.15) is 0 Å². The molecule has 0 aliphatic carbocycles. The smallest absolute Gasteiger partial charge is 0.338 e. The standard InChI is InChI=1S/C12H15FN2O2/c1-7-5-15(6-8(7)2)11-10(13)9(12(16)17)3-4-14-11/h3-4,7-8H,5-6H2,1-2H3,(H,16,17). The highest BCUT2D eigenvalue weighted by atomic mass is 19.1. The molecule has 4 nitrogen and oxygen atoms in total. The number of hydrogen-bond donors (Lipinski definition) is 1. The van der Waals surface area contributed by atoms with Gasteiger partial charge < -0.3 is 10.0 Å². The van der Waals surface area contributed by atoms with Crippen LogP contribution >= 0.6 is 0 Å². The molecule has 0 saturated carbocycles. The van der Waals surface area contributed by atoms with Crippen LogP contribution in [0.3, 0.4) is 0 Å². The molecule has 1 aromatic rings. The predicted octanol–water partition coefficient (Wildman–Crippen LogP) is 2.01. The van der Waals surface area contributed by atoms with E-state index in [1.807, 2.05) is 4.90 Å². The minimum Gasteiger partial charge on any atom is -0.478 e. The van der Waals surface area contributed by atoms with Crippen LogP contribution in [0.5, 0.6) is 0 Å². The highest BCUT2D eigenvalue weighted by molar-refractivity contribution is 5.88. The summed E-state index contributed by atoms with van der Waals surface area (Å²) in [6.45, 7) is 5.63. The van der Waals surface area contributed by atoms with Gasteiger partial charge in [-0.15, -0.1) is 0 Å². The first-order valence-corrected chi connectivity index (χ1v) is 5.63. The summed E-state index contributed by atoms with van der Waals surface area (Å²) in [4.78, 5) is 16.6. The Balaban J connectivity index is 2.34. The number of anilines is 1. The van der Waals surface area contributed by atoms with Crippen molar-refractivity contribution < 1.29 is 14.3 Å². The van der Waals surface area contributed by atoms with Crippen molar-refractivity contribution in [1.82, 2.24) is 4.98 Å². The first-order valence-electron chi connectivity index (χ1n) is 5.63. The predicted molar refractivity (Wildman–Crippen MR) is 61.7 cm³/mol. The highest BCUT2D eigenvalue weighted by Gasteiger charge is 2.29. The number of pyridine rings is 1. The molecule has 0 spiro atoms. The quantitative estimate of drug-likeness (QED) is 0.856. The number of carboxylic acid groups (broad SMARTS) is 1. The Hall–Kier alpha value is -1.65. The minimum atomic E-state index is -1.26. The van der Waals surface area contributed by atoms with Crippen LogP contribution in [0.1, 0.15) is 24.2 Å². The third-order valence-electron chi connectivity index (χ3n) is 3.39. The van der Waals surface area contributed by atoms with E-state index in [-0.39, 0.29) is 11.4 Å². The Morgan fingerprint density at radius 2 is 2.06 bits per heavy atom. The van der Waals surface area contributed by atoms with Crippen molar-refractivity contribution in [2.75, 3.05) is 18.0 Å². The van der Waals surface area contributed by atoms with Gasteiger partial charge in [0, 0.05) is 19.3 Å². The fourth-order valence-corrected chi connectivity index (χ4v) is 2.12. The van der Waals surface area contributed by atoms with Gasteiger partial charge in [0.2, 0.25) is 0 Å². The van der Waals surface area contributed by atoms with Gasteiger partial charge in [-0.25, -0.2) is 14.2 Å².